The zero-order chi connectivity index (χ0) is 11.2. The Kier molecular flexibility index (Phi) is 1.11. The lowest BCUT2D eigenvalue weighted by Gasteiger charge is -2.05. The number of carboxylic acid groups (broad SMARTS) is 1. The van der Waals surface area contributed by atoms with E-state index in [1.54, 1.807) is 13.0 Å². The van der Waals surface area contributed by atoms with E-state index in [0.717, 1.165) is 11.1 Å². The van der Waals surface area contributed by atoms with Crippen molar-refractivity contribution in [3.8, 4) is 0 Å². The Morgan fingerprint density at radius 3 is 2.33 bits per heavy atom. The van der Waals surface area contributed by atoms with Crippen molar-refractivity contribution in [1.29, 1.82) is 0 Å². The molecule has 3 aliphatic carbocycles. The van der Waals surface area contributed by atoms with Crippen LogP contribution in [0.2, 0.25) is 0 Å². The smallest absolute Gasteiger partial charge is 0.339 e. The number of carboxylic acids is 1. The Balaban J connectivity index is 2.27. The number of fused-ring (bicyclic) bond motifs is 2. The largest absolute Gasteiger partial charge is 0.507 e. The molecule has 15 heavy (non-hydrogen) atoms. The highest BCUT2D eigenvalue weighted by Gasteiger charge is 2.87. The van der Waals surface area contributed by atoms with Crippen molar-refractivity contribution in [2.24, 2.45) is 10.8 Å². The van der Waals surface area contributed by atoms with Crippen LogP contribution in [0.25, 0.3) is 0 Å². The molecular weight excluding hydrogens is 192 g/mol. The third kappa shape index (κ3) is 0.609. The number of allylic oxidation sites excluding steroid dienone is 3. The van der Waals surface area contributed by atoms with Crippen molar-refractivity contribution in [3.05, 3.63) is 34.1 Å². The number of aliphatic hydroxyl groups is 1. The van der Waals surface area contributed by atoms with E-state index in [-0.39, 0.29) is 22.2 Å². The molecular formula is C12H12O3. The molecule has 0 radical (unpaired) electrons. The third-order valence-electron chi connectivity index (χ3n) is 4.45. The fourth-order valence-corrected chi connectivity index (χ4v) is 3.45. The maximum atomic E-state index is 11.0. The first-order chi connectivity index (χ1) is 6.86. The van der Waals surface area contributed by atoms with Gasteiger partial charge in [0.15, 0.2) is 0 Å². The number of hydrogen-bond donors (Lipinski definition) is 2. The molecule has 78 valence electrons. The van der Waals surface area contributed by atoms with E-state index in [2.05, 4.69) is 13.8 Å². The molecule has 0 aromatic rings. The predicted octanol–water partition coefficient (Wildman–Crippen LogP) is 2.18. The van der Waals surface area contributed by atoms with Gasteiger partial charge in [0, 0.05) is 10.8 Å². The van der Waals surface area contributed by atoms with Gasteiger partial charge in [-0.3, -0.25) is 0 Å². The molecule has 2 N–H and O–H groups in total. The number of rotatable bonds is 1. The van der Waals surface area contributed by atoms with E-state index < -0.39 is 5.97 Å². The first-order valence-corrected chi connectivity index (χ1v) is 4.98. The van der Waals surface area contributed by atoms with E-state index in [1.807, 2.05) is 0 Å². The van der Waals surface area contributed by atoms with Crippen molar-refractivity contribution >= 4 is 5.97 Å². The summed E-state index contributed by atoms with van der Waals surface area (Å²) in [5.74, 6) is -1.15. The molecule has 0 bridgehead atoms. The van der Waals surface area contributed by atoms with E-state index in [0.29, 0.717) is 0 Å². The summed E-state index contributed by atoms with van der Waals surface area (Å²) in [6.45, 7) is 6.00. The minimum Gasteiger partial charge on any atom is -0.507 e. The van der Waals surface area contributed by atoms with Crippen molar-refractivity contribution in [1.82, 2.24) is 0 Å². The Morgan fingerprint density at radius 2 is 1.87 bits per heavy atom. The minimum absolute atomic E-state index is 0.0439. The van der Waals surface area contributed by atoms with Crippen LogP contribution in [0.1, 0.15) is 20.8 Å². The topological polar surface area (TPSA) is 57.5 Å². The summed E-state index contributed by atoms with van der Waals surface area (Å²) in [6.07, 6.45) is 1.63. The minimum atomic E-state index is -1.05. The Hall–Kier alpha value is -1.51. The maximum absolute atomic E-state index is 11.0. The predicted molar refractivity (Wildman–Crippen MR) is 54.3 cm³/mol. The van der Waals surface area contributed by atoms with Crippen LogP contribution >= 0.6 is 0 Å². The Bertz CT molecular complexity index is 501. The standard InChI is InChI=1S/C12H12O3/c1-5-8(10(14)15)6(13)4-7-11(2)9(5)12(7,11)3/h4,13H,1-3H3,(H,14,15). The molecule has 0 amide bonds. The summed E-state index contributed by atoms with van der Waals surface area (Å²) in [5, 5.41) is 18.8. The van der Waals surface area contributed by atoms with E-state index in [9.17, 15) is 9.90 Å². The second-order valence-electron chi connectivity index (χ2n) is 4.87. The summed E-state index contributed by atoms with van der Waals surface area (Å²) in [4.78, 5) is 11.0. The van der Waals surface area contributed by atoms with E-state index in [4.69, 9.17) is 5.11 Å². The molecule has 3 aliphatic rings. The van der Waals surface area contributed by atoms with Crippen molar-refractivity contribution in [3.63, 3.8) is 0 Å². The van der Waals surface area contributed by atoms with Crippen molar-refractivity contribution in [2.45, 2.75) is 20.8 Å². The fraction of sp³-hybridized carbons (Fsp3) is 0.417. The van der Waals surface area contributed by atoms with Gasteiger partial charge in [0.1, 0.15) is 11.3 Å². The molecule has 3 nitrogen and oxygen atoms in total. The molecule has 0 spiro atoms. The van der Waals surface area contributed by atoms with Gasteiger partial charge in [-0.2, -0.15) is 0 Å². The van der Waals surface area contributed by atoms with Crippen LogP contribution in [0.3, 0.4) is 0 Å². The third-order valence-corrected chi connectivity index (χ3v) is 4.45. The molecule has 0 saturated heterocycles. The second-order valence-corrected chi connectivity index (χ2v) is 4.87. The number of aliphatic carboxylic acids is 1. The van der Waals surface area contributed by atoms with E-state index >= 15 is 0 Å². The monoisotopic (exact) mass is 204 g/mol. The van der Waals surface area contributed by atoms with Gasteiger partial charge >= 0.3 is 5.97 Å². The van der Waals surface area contributed by atoms with Gasteiger partial charge in [0.2, 0.25) is 0 Å². The molecule has 2 fully saturated rings. The first-order valence-electron chi connectivity index (χ1n) is 4.98. The van der Waals surface area contributed by atoms with Crippen LogP contribution in [0, 0.1) is 10.8 Å². The molecule has 0 aromatic heterocycles. The normalized spacial score (nSPS) is 40.9. The quantitative estimate of drug-likeness (QED) is 0.688. The SMILES string of the molecule is CC1=C2C3(C)C(=CC(O)=C1C(=O)O)C23C. The second kappa shape index (κ2) is 1.90. The van der Waals surface area contributed by atoms with Gasteiger partial charge in [0.05, 0.1) is 0 Å². The van der Waals surface area contributed by atoms with E-state index in [1.165, 1.54) is 5.57 Å². The lowest BCUT2D eigenvalue weighted by Crippen LogP contribution is -2.05. The highest BCUT2D eigenvalue weighted by atomic mass is 16.4. The highest BCUT2D eigenvalue weighted by molar-refractivity contribution is 5.97. The van der Waals surface area contributed by atoms with Crippen LogP contribution in [0.5, 0.6) is 0 Å². The molecule has 3 heteroatoms. The summed E-state index contributed by atoms with van der Waals surface area (Å²) in [5.41, 5.74) is 3.24. The van der Waals surface area contributed by atoms with Gasteiger partial charge < -0.3 is 10.2 Å². The maximum Gasteiger partial charge on any atom is 0.339 e. The molecule has 2 saturated carbocycles. The molecule has 0 aliphatic heterocycles. The Labute approximate surface area is 87.4 Å². The number of carbonyl (C=O) groups is 1. The molecule has 2 unspecified atom stereocenters. The lowest BCUT2D eigenvalue weighted by molar-refractivity contribution is -0.132. The summed E-state index contributed by atoms with van der Waals surface area (Å²) in [6, 6.07) is 0. The van der Waals surface area contributed by atoms with Crippen LogP contribution in [-0.4, -0.2) is 16.2 Å². The van der Waals surface area contributed by atoms with Crippen LogP contribution in [0.15, 0.2) is 34.1 Å². The molecule has 0 heterocycles. The van der Waals surface area contributed by atoms with Gasteiger partial charge in [-0.05, 0) is 29.7 Å². The van der Waals surface area contributed by atoms with Gasteiger partial charge in [0.25, 0.3) is 0 Å². The summed E-state index contributed by atoms with van der Waals surface area (Å²) in [7, 11) is 0. The van der Waals surface area contributed by atoms with Gasteiger partial charge in [-0.15, -0.1) is 0 Å². The molecule has 0 aromatic carbocycles. The van der Waals surface area contributed by atoms with Gasteiger partial charge in [-0.25, -0.2) is 4.79 Å². The fourth-order valence-electron chi connectivity index (χ4n) is 3.45. The zero-order valence-electron chi connectivity index (χ0n) is 8.88. The lowest BCUT2D eigenvalue weighted by atomic mass is 9.98. The van der Waals surface area contributed by atoms with Crippen molar-refractivity contribution < 1.29 is 15.0 Å². The van der Waals surface area contributed by atoms with Crippen LogP contribution in [0.4, 0.5) is 0 Å². The van der Waals surface area contributed by atoms with Gasteiger partial charge in [-0.1, -0.05) is 13.8 Å². The van der Waals surface area contributed by atoms with Crippen LogP contribution < -0.4 is 0 Å². The average molecular weight is 204 g/mol. The average Bonchev–Trinajstić information content (AvgIpc) is 2.81. The molecule has 3 rings (SSSR count). The first kappa shape index (κ1) is 8.77. The Morgan fingerprint density at radius 1 is 1.33 bits per heavy atom. The van der Waals surface area contributed by atoms with Crippen LogP contribution in [-0.2, 0) is 4.79 Å². The summed E-state index contributed by atoms with van der Waals surface area (Å²) < 4.78 is 0. The highest BCUT2D eigenvalue weighted by Crippen LogP contribution is 2.94. The zero-order valence-corrected chi connectivity index (χ0v) is 8.88. The number of aliphatic hydroxyl groups excluding tert-OH is 1. The summed E-state index contributed by atoms with van der Waals surface area (Å²) >= 11 is 0. The molecule has 2 atom stereocenters. The number of hydrogen-bond acceptors (Lipinski definition) is 2. The van der Waals surface area contributed by atoms with Crippen molar-refractivity contribution in [2.75, 3.05) is 0 Å².